The average Bonchev–Trinajstić information content (AvgIpc) is 1.91. The van der Waals surface area contributed by atoms with Crippen molar-refractivity contribution in [2.45, 2.75) is 41.0 Å². The molecule has 0 aromatic carbocycles. The van der Waals surface area contributed by atoms with E-state index >= 15 is 0 Å². The van der Waals surface area contributed by atoms with Crippen LogP contribution in [0.4, 0.5) is 0 Å². The molecule has 0 aliphatic heterocycles. The predicted octanol–water partition coefficient (Wildman–Crippen LogP) is 2.56. The number of carboxylic acids is 1. The van der Waals surface area contributed by atoms with Crippen molar-refractivity contribution in [1.29, 1.82) is 0 Å². The van der Waals surface area contributed by atoms with Gasteiger partial charge in [0.1, 0.15) is 0 Å². The second kappa shape index (κ2) is 29.8. The molecule has 0 heterocycles. The minimum Gasteiger partial charge on any atom is -0.481 e. The number of rotatable bonds is 1. The van der Waals surface area contributed by atoms with Gasteiger partial charge >= 0.3 is 43.7 Å². The van der Waals surface area contributed by atoms with E-state index in [2.05, 4.69) is 0 Å². The predicted molar refractivity (Wildman–Crippen MR) is 55.0 cm³/mol. The van der Waals surface area contributed by atoms with E-state index in [-0.39, 0.29) is 44.2 Å². The Morgan fingerprint density at radius 2 is 1.25 bits per heavy atom. The zero-order valence-corrected chi connectivity index (χ0v) is 11.1. The van der Waals surface area contributed by atoms with Crippen LogP contribution in [0.15, 0.2) is 0 Å². The molecule has 0 unspecified atom stereocenters. The molecule has 0 rings (SSSR count). The molecule has 0 aliphatic carbocycles. The summed E-state index contributed by atoms with van der Waals surface area (Å²) in [4.78, 5) is 9.37. The quantitative estimate of drug-likeness (QED) is 0.522. The van der Waals surface area contributed by atoms with Crippen LogP contribution in [0.5, 0.6) is 0 Å². The van der Waals surface area contributed by atoms with Gasteiger partial charge in [0.05, 0.1) is 0 Å². The van der Waals surface area contributed by atoms with Crippen LogP contribution in [0.1, 0.15) is 41.0 Å². The monoisotopic (exact) mass is 200 g/mol. The van der Waals surface area contributed by atoms with Crippen LogP contribution in [-0.4, -0.2) is 48.8 Å². The molecule has 0 fully saturated rings. The van der Waals surface area contributed by atoms with E-state index in [9.17, 15) is 4.79 Å². The molecule has 0 spiro atoms. The van der Waals surface area contributed by atoms with E-state index < -0.39 is 5.97 Å². The number of carbonyl (C=O) groups is 1. The molecule has 2 nitrogen and oxygen atoms in total. The van der Waals surface area contributed by atoms with Crippen LogP contribution in [0.25, 0.3) is 0 Å². The maximum Gasteiger partial charge on any atom is 2.00 e. The summed E-state index contributed by atoms with van der Waals surface area (Å²) in [7, 11) is 0. The van der Waals surface area contributed by atoms with E-state index in [0.29, 0.717) is 0 Å². The van der Waals surface area contributed by atoms with Crippen LogP contribution in [0.3, 0.4) is 0 Å². The first-order valence-electron chi connectivity index (χ1n) is 3.80. The molecule has 0 aromatic heterocycles. The van der Waals surface area contributed by atoms with Crippen molar-refractivity contribution in [3.8, 4) is 0 Å². The van der Waals surface area contributed by atoms with E-state index in [4.69, 9.17) is 5.11 Å². The number of carboxylic acid groups (broad SMARTS) is 1. The van der Waals surface area contributed by atoms with Crippen LogP contribution >= 0.6 is 0 Å². The van der Waals surface area contributed by atoms with Gasteiger partial charge in [-0.05, 0) is 0 Å². The zero-order valence-electron chi connectivity index (χ0n) is 8.92. The normalized spacial score (nSPS) is 6.08. The number of hydrogen-bond donors (Lipinski definition) is 1. The van der Waals surface area contributed by atoms with Gasteiger partial charge in [0.2, 0.25) is 0 Å². The Kier molecular flexibility index (Phi) is 57.1. The van der Waals surface area contributed by atoms with Gasteiger partial charge in [-0.2, -0.15) is 27.7 Å². The third kappa shape index (κ3) is 136. The smallest absolute Gasteiger partial charge is 0.481 e. The molecule has 0 amide bonds. The van der Waals surface area contributed by atoms with Crippen LogP contribution in [0, 0.1) is 12.8 Å². The summed E-state index contributed by atoms with van der Waals surface area (Å²) in [6, 6.07) is 0. The Bertz CT molecular complexity index is 63.5. The van der Waals surface area contributed by atoms with Crippen molar-refractivity contribution in [3.63, 3.8) is 0 Å². The SMILES string of the molecule is CCC(=O)O.C[CH-]C.C[CH-]C.[Ca+2]. The van der Waals surface area contributed by atoms with Gasteiger partial charge in [-0.1, -0.05) is 6.92 Å². The van der Waals surface area contributed by atoms with Gasteiger partial charge in [0, 0.05) is 6.42 Å². The van der Waals surface area contributed by atoms with Crippen molar-refractivity contribution in [1.82, 2.24) is 0 Å². The molecule has 0 atom stereocenters. The Morgan fingerprint density at radius 1 is 1.17 bits per heavy atom. The Balaban J connectivity index is -0.0000000406. The Morgan fingerprint density at radius 3 is 1.25 bits per heavy atom. The molecule has 0 aliphatic rings. The molecule has 12 heavy (non-hydrogen) atoms. The second-order valence-electron chi connectivity index (χ2n) is 1.90. The first-order chi connectivity index (χ1) is 5.10. The molecule has 70 valence electrons. The zero-order chi connectivity index (χ0) is 9.70. The standard InChI is InChI=1S/C3H6O2.2C3H7.Ca/c1-2-3(4)5;2*1-3-2;/h2H2,1H3,(H,4,5);2*3H,1-2H3;/q;2*-1;+2. The van der Waals surface area contributed by atoms with Crippen LogP contribution in [0.2, 0.25) is 0 Å². The van der Waals surface area contributed by atoms with Gasteiger partial charge in [-0.3, -0.25) is 4.79 Å². The van der Waals surface area contributed by atoms with Crippen molar-refractivity contribution in [3.05, 3.63) is 12.8 Å². The first-order valence-corrected chi connectivity index (χ1v) is 3.80. The fourth-order valence-corrected chi connectivity index (χ4v) is 0. The fraction of sp³-hybridized carbons (Fsp3) is 0.667. The van der Waals surface area contributed by atoms with Gasteiger partial charge in [0.25, 0.3) is 0 Å². The summed E-state index contributed by atoms with van der Waals surface area (Å²) < 4.78 is 0. The molecule has 0 radical (unpaired) electrons. The van der Waals surface area contributed by atoms with Crippen LogP contribution in [-0.2, 0) is 4.79 Å². The van der Waals surface area contributed by atoms with Gasteiger partial charge < -0.3 is 17.9 Å². The maximum absolute atomic E-state index is 9.37. The molecule has 3 heteroatoms. The summed E-state index contributed by atoms with van der Waals surface area (Å²) in [6.45, 7) is 9.60. The Hall–Kier alpha value is 0.730. The summed E-state index contributed by atoms with van der Waals surface area (Å²) in [5.41, 5.74) is 0. The topological polar surface area (TPSA) is 37.3 Å². The average molecular weight is 200 g/mol. The van der Waals surface area contributed by atoms with E-state index in [1.165, 1.54) is 0 Å². The minimum absolute atomic E-state index is 0. The number of aliphatic carboxylic acids is 1. The summed E-state index contributed by atoms with van der Waals surface area (Å²) in [5.74, 6) is -0.745. The Labute approximate surface area is 107 Å². The molecule has 0 saturated carbocycles. The van der Waals surface area contributed by atoms with Crippen LogP contribution < -0.4 is 0 Å². The van der Waals surface area contributed by atoms with Crippen molar-refractivity contribution in [2.24, 2.45) is 0 Å². The molecular formula is C9H20CaO2. The van der Waals surface area contributed by atoms with Crippen molar-refractivity contribution < 1.29 is 9.90 Å². The number of hydrogen-bond acceptors (Lipinski definition) is 1. The summed E-state index contributed by atoms with van der Waals surface area (Å²) in [5, 5.41) is 7.72. The second-order valence-corrected chi connectivity index (χ2v) is 1.90. The van der Waals surface area contributed by atoms with Gasteiger partial charge in [-0.15, -0.1) is 0 Å². The maximum atomic E-state index is 9.37. The van der Waals surface area contributed by atoms with Gasteiger partial charge in [0.15, 0.2) is 0 Å². The van der Waals surface area contributed by atoms with Gasteiger partial charge in [-0.25, -0.2) is 0 Å². The minimum atomic E-state index is -0.745. The fourth-order valence-electron chi connectivity index (χ4n) is 0. The molecule has 0 saturated heterocycles. The van der Waals surface area contributed by atoms with E-state index in [1.807, 2.05) is 40.5 Å². The summed E-state index contributed by atoms with van der Waals surface area (Å²) >= 11 is 0. The first kappa shape index (κ1) is 23.0. The molecule has 1 N–H and O–H groups in total. The largest absolute Gasteiger partial charge is 2.00 e. The third-order valence-corrected chi connectivity index (χ3v) is 0.302. The molecular weight excluding hydrogens is 180 g/mol. The van der Waals surface area contributed by atoms with Crippen molar-refractivity contribution >= 4 is 43.7 Å². The summed E-state index contributed by atoms with van der Waals surface area (Å²) in [6.07, 6.45) is 4.22. The third-order valence-electron chi connectivity index (χ3n) is 0.302. The molecule has 0 bridgehead atoms. The van der Waals surface area contributed by atoms with Crippen molar-refractivity contribution in [2.75, 3.05) is 0 Å². The van der Waals surface area contributed by atoms with E-state index in [1.54, 1.807) is 6.92 Å². The molecule has 0 aromatic rings. The van der Waals surface area contributed by atoms with E-state index in [0.717, 1.165) is 0 Å².